The molecule has 5 atom stereocenters. The van der Waals surface area contributed by atoms with Gasteiger partial charge in [0.1, 0.15) is 5.82 Å². The standard InChI is InChI=1S/C27H28ClFN4O/c1-27-12-11-18-17-8-6-16(28)13-15(17)5-7-19(18)25(27)20(21-14-30-33-26(21)27)9-10-24(34)32-23-4-2-3-22(29)31-23/h2-4,6,8,13-14,18-20,25H,5,7,9-12H2,1H3,(H,30,33)(H,31,32,34)/t18?,19?,20-,25?,27+/m1/s1. The van der Waals surface area contributed by atoms with Gasteiger partial charge in [-0.2, -0.15) is 9.49 Å². The van der Waals surface area contributed by atoms with E-state index in [1.54, 1.807) is 12.1 Å². The molecular formula is C27H28ClFN4O. The van der Waals surface area contributed by atoms with Crippen LogP contribution in [0.2, 0.25) is 5.02 Å². The van der Waals surface area contributed by atoms with Crippen molar-refractivity contribution in [3.05, 3.63) is 75.9 Å². The number of benzene rings is 1. The van der Waals surface area contributed by atoms with E-state index in [0.29, 0.717) is 24.2 Å². The smallest absolute Gasteiger partial charge is 0.225 e. The highest BCUT2D eigenvalue weighted by Crippen LogP contribution is 2.64. The number of hydrogen-bond donors (Lipinski definition) is 2. The summed E-state index contributed by atoms with van der Waals surface area (Å²) in [5, 5.41) is 11.3. The number of nitrogens with one attached hydrogen (secondary N) is 2. The lowest BCUT2D eigenvalue weighted by atomic mass is 9.53. The van der Waals surface area contributed by atoms with Crippen molar-refractivity contribution >= 4 is 23.3 Å². The van der Waals surface area contributed by atoms with Gasteiger partial charge in [-0.1, -0.05) is 30.7 Å². The van der Waals surface area contributed by atoms with E-state index in [1.807, 2.05) is 12.3 Å². The third-order valence-electron chi connectivity index (χ3n) is 8.68. The SMILES string of the molecule is C[C@]12CCC3c4ccc(Cl)cc4CCC3C1[C@H](CCC(=O)Nc1cccc(F)n1)c1cn[nH]c12. The van der Waals surface area contributed by atoms with Gasteiger partial charge >= 0.3 is 0 Å². The fourth-order valence-corrected chi connectivity index (χ4v) is 7.56. The molecule has 1 saturated carbocycles. The van der Waals surface area contributed by atoms with Crippen LogP contribution >= 0.6 is 11.6 Å². The van der Waals surface area contributed by atoms with Crippen molar-refractivity contribution in [3.63, 3.8) is 0 Å². The summed E-state index contributed by atoms with van der Waals surface area (Å²) in [5.41, 5.74) is 5.43. The summed E-state index contributed by atoms with van der Waals surface area (Å²) in [6, 6.07) is 10.8. The molecule has 0 saturated heterocycles. The van der Waals surface area contributed by atoms with Crippen LogP contribution in [0.1, 0.15) is 73.2 Å². The van der Waals surface area contributed by atoms with Crippen molar-refractivity contribution in [1.82, 2.24) is 15.2 Å². The molecule has 2 heterocycles. The highest BCUT2D eigenvalue weighted by Gasteiger charge is 2.57. The third kappa shape index (κ3) is 3.46. The molecule has 2 N–H and O–H groups in total. The number of fused-ring (bicyclic) bond motifs is 7. The monoisotopic (exact) mass is 478 g/mol. The molecule has 34 heavy (non-hydrogen) atoms. The third-order valence-corrected chi connectivity index (χ3v) is 8.91. The first kappa shape index (κ1) is 21.8. The second-order valence-electron chi connectivity index (χ2n) is 10.4. The van der Waals surface area contributed by atoms with Crippen molar-refractivity contribution in [2.75, 3.05) is 5.32 Å². The number of halogens is 2. The van der Waals surface area contributed by atoms with E-state index in [1.165, 1.54) is 28.5 Å². The van der Waals surface area contributed by atoms with Gasteiger partial charge in [0.15, 0.2) is 0 Å². The van der Waals surface area contributed by atoms with Crippen LogP contribution in [-0.2, 0) is 16.6 Å². The molecule has 0 radical (unpaired) electrons. The van der Waals surface area contributed by atoms with Gasteiger partial charge in [-0.05, 0) is 96.7 Å². The number of aromatic nitrogens is 3. The number of pyridine rings is 1. The topological polar surface area (TPSA) is 70.7 Å². The van der Waals surface area contributed by atoms with E-state index < -0.39 is 5.95 Å². The van der Waals surface area contributed by atoms with Gasteiger partial charge in [-0.3, -0.25) is 9.89 Å². The minimum absolute atomic E-state index is 0.0438. The Morgan fingerprint density at radius 3 is 3.00 bits per heavy atom. The maximum atomic E-state index is 13.4. The van der Waals surface area contributed by atoms with E-state index in [4.69, 9.17) is 11.6 Å². The molecule has 1 fully saturated rings. The summed E-state index contributed by atoms with van der Waals surface area (Å²) in [7, 11) is 0. The van der Waals surface area contributed by atoms with Crippen LogP contribution in [0.15, 0.2) is 42.6 Å². The zero-order valence-corrected chi connectivity index (χ0v) is 19.9. The Bertz CT molecular complexity index is 1260. The lowest BCUT2D eigenvalue weighted by Crippen LogP contribution is -2.44. The number of aromatic amines is 1. The first-order valence-electron chi connectivity index (χ1n) is 12.2. The molecule has 7 heteroatoms. The maximum Gasteiger partial charge on any atom is 0.225 e. The van der Waals surface area contributed by atoms with Gasteiger partial charge in [-0.25, -0.2) is 4.98 Å². The summed E-state index contributed by atoms with van der Waals surface area (Å²) < 4.78 is 13.4. The van der Waals surface area contributed by atoms with Gasteiger partial charge in [0, 0.05) is 22.6 Å². The van der Waals surface area contributed by atoms with Crippen LogP contribution in [0.3, 0.4) is 0 Å². The fraction of sp³-hybridized carbons (Fsp3) is 0.444. The van der Waals surface area contributed by atoms with E-state index in [-0.39, 0.29) is 23.1 Å². The van der Waals surface area contributed by atoms with E-state index in [0.717, 1.165) is 37.1 Å². The average molecular weight is 479 g/mol. The Hall–Kier alpha value is -2.73. The highest BCUT2D eigenvalue weighted by atomic mass is 35.5. The number of aryl methyl sites for hydroxylation is 1. The van der Waals surface area contributed by atoms with Crippen LogP contribution in [0.25, 0.3) is 0 Å². The second-order valence-corrected chi connectivity index (χ2v) is 10.8. The Morgan fingerprint density at radius 1 is 1.26 bits per heavy atom. The predicted molar refractivity (Wildman–Crippen MR) is 129 cm³/mol. The molecule has 176 valence electrons. The molecule has 1 aromatic carbocycles. The minimum atomic E-state index is -0.598. The molecule has 2 aromatic heterocycles. The van der Waals surface area contributed by atoms with Crippen molar-refractivity contribution in [2.24, 2.45) is 11.8 Å². The predicted octanol–water partition coefficient (Wildman–Crippen LogP) is 6.13. The number of hydrogen-bond acceptors (Lipinski definition) is 3. The maximum absolute atomic E-state index is 13.4. The second kappa shape index (κ2) is 8.19. The zero-order valence-electron chi connectivity index (χ0n) is 19.2. The molecule has 0 bridgehead atoms. The lowest BCUT2D eigenvalue weighted by molar-refractivity contribution is -0.116. The van der Waals surface area contributed by atoms with Crippen LogP contribution in [-0.4, -0.2) is 21.1 Å². The summed E-state index contributed by atoms with van der Waals surface area (Å²) >= 11 is 6.30. The Morgan fingerprint density at radius 2 is 2.15 bits per heavy atom. The van der Waals surface area contributed by atoms with Crippen molar-refractivity contribution in [3.8, 4) is 0 Å². The Balaban J connectivity index is 1.26. The molecule has 1 amide bonds. The van der Waals surface area contributed by atoms with E-state index in [9.17, 15) is 9.18 Å². The molecule has 3 aliphatic carbocycles. The van der Waals surface area contributed by atoms with Crippen LogP contribution < -0.4 is 5.32 Å². The highest BCUT2D eigenvalue weighted by molar-refractivity contribution is 6.30. The van der Waals surface area contributed by atoms with Crippen LogP contribution in [0.4, 0.5) is 10.2 Å². The molecule has 0 aliphatic heterocycles. The number of H-pyrrole nitrogens is 1. The van der Waals surface area contributed by atoms with E-state index in [2.05, 4.69) is 39.6 Å². The molecule has 6 rings (SSSR count). The van der Waals surface area contributed by atoms with E-state index >= 15 is 0 Å². The zero-order chi connectivity index (χ0) is 23.4. The summed E-state index contributed by atoms with van der Waals surface area (Å²) in [4.78, 5) is 16.5. The van der Waals surface area contributed by atoms with Crippen molar-refractivity contribution in [2.45, 2.75) is 62.7 Å². The minimum Gasteiger partial charge on any atom is -0.311 e. The number of rotatable bonds is 4. The largest absolute Gasteiger partial charge is 0.311 e. The molecule has 0 spiro atoms. The quantitative estimate of drug-likeness (QED) is 0.443. The van der Waals surface area contributed by atoms with Crippen molar-refractivity contribution < 1.29 is 9.18 Å². The Labute approximate surface area is 203 Å². The molecular weight excluding hydrogens is 451 g/mol. The normalized spacial score (nSPS) is 29.0. The Kier molecular flexibility index (Phi) is 5.25. The first-order valence-corrected chi connectivity index (χ1v) is 12.6. The first-order chi connectivity index (χ1) is 16.4. The fourth-order valence-electron chi connectivity index (χ4n) is 7.37. The van der Waals surface area contributed by atoms with Crippen LogP contribution in [0.5, 0.6) is 0 Å². The lowest BCUT2D eigenvalue weighted by Gasteiger charge is -2.50. The number of carbonyl (C=O) groups excluding carboxylic acids is 1. The number of anilines is 1. The summed E-state index contributed by atoms with van der Waals surface area (Å²) in [5.74, 6) is 1.35. The van der Waals surface area contributed by atoms with Gasteiger partial charge in [0.25, 0.3) is 0 Å². The molecule has 3 unspecified atom stereocenters. The van der Waals surface area contributed by atoms with Gasteiger partial charge < -0.3 is 5.32 Å². The van der Waals surface area contributed by atoms with Gasteiger partial charge in [0.2, 0.25) is 11.9 Å². The van der Waals surface area contributed by atoms with Gasteiger partial charge in [0.05, 0.1) is 6.20 Å². The number of nitrogens with zero attached hydrogens (tertiary/aromatic N) is 2. The number of amides is 1. The number of carbonyl (C=O) groups is 1. The average Bonchev–Trinajstić information content (AvgIpc) is 3.38. The van der Waals surface area contributed by atoms with Crippen molar-refractivity contribution in [1.29, 1.82) is 0 Å². The van der Waals surface area contributed by atoms with Crippen LogP contribution in [0, 0.1) is 17.8 Å². The molecule has 5 nitrogen and oxygen atoms in total. The summed E-state index contributed by atoms with van der Waals surface area (Å²) in [6.45, 7) is 2.39. The van der Waals surface area contributed by atoms with Gasteiger partial charge in [-0.15, -0.1) is 0 Å². The molecule has 3 aliphatic rings. The molecule has 3 aromatic rings. The summed E-state index contributed by atoms with van der Waals surface area (Å²) in [6.07, 6.45) is 7.53.